The molecule has 1 unspecified atom stereocenters. The Bertz CT molecular complexity index is 512. The quantitative estimate of drug-likeness (QED) is 0.914. The van der Waals surface area contributed by atoms with E-state index < -0.39 is 0 Å². The molecule has 0 saturated heterocycles. The van der Waals surface area contributed by atoms with Crippen molar-refractivity contribution in [2.75, 3.05) is 6.54 Å². The molecule has 2 aromatic heterocycles. The standard InChI is InChI=1S/C13H16BrN3S/c1-3-16-12(13-8-18-9(2)17-13)5-10-4-11(14)7-15-6-10/h4,6-8,12,16H,3,5H2,1-2H3. The van der Waals surface area contributed by atoms with E-state index in [9.17, 15) is 0 Å². The Kier molecular flexibility index (Phi) is 4.86. The molecule has 0 saturated carbocycles. The molecule has 0 aromatic carbocycles. The van der Waals surface area contributed by atoms with Gasteiger partial charge in [0.1, 0.15) is 0 Å². The van der Waals surface area contributed by atoms with E-state index in [1.165, 1.54) is 5.56 Å². The molecule has 3 nitrogen and oxygen atoms in total. The van der Waals surface area contributed by atoms with Gasteiger partial charge in [-0.3, -0.25) is 4.98 Å². The van der Waals surface area contributed by atoms with Crippen LogP contribution in [0.15, 0.2) is 28.3 Å². The van der Waals surface area contributed by atoms with Crippen LogP contribution in [0.1, 0.15) is 29.2 Å². The molecule has 2 rings (SSSR count). The molecule has 96 valence electrons. The van der Waals surface area contributed by atoms with Crippen molar-refractivity contribution in [1.29, 1.82) is 0 Å². The summed E-state index contributed by atoms with van der Waals surface area (Å²) in [5, 5.41) is 6.73. The van der Waals surface area contributed by atoms with Gasteiger partial charge in [0.25, 0.3) is 0 Å². The van der Waals surface area contributed by atoms with Crippen molar-refractivity contribution in [2.45, 2.75) is 26.3 Å². The van der Waals surface area contributed by atoms with E-state index in [-0.39, 0.29) is 6.04 Å². The van der Waals surface area contributed by atoms with Gasteiger partial charge in [0.2, 0.25) is 0 Å². The average Bonchev–Trinajstić information content (AvgIpc) is 2.75. The summed E-state index contributed by atoms with van der Waals surface area (Å²) in [4.78, 5) is 8.78. The van der Waals surface area contributed by atoms with Gasteiger partial charge in [-0.1, -0.05) is 6.92 Å². The number of nitrogens with zero attached hydrogens (tertiary/aromatic N) is 2. The van der Waals surface area contributed by atoms with E-state index in [1.807, 2.05) is 13.1 Å². The van der Waals surface area contributed by atoms with Crippen LogP contribution in [0.4, 0.5) is 0 Å². The van der Waals surface area contributed by atoms with Crippen molar-refractivity contribution in [1.82, 2.24) is 15.3 Å². The van der Waals surface area contributed by atoms with Crippen LogP contribution < -0.4 is 5.32 Å². The Morgan fingerprint density at radius 2 is 2.28 bits per heavy atom. The number of halogens is 1. The molecular weight excluding hydrogens is 310 g/mol. The summed E-state index contributed by atoms with van der Waals surface area (Å²) in [5.74, 6) is 0. The van der Waals surface area contributed by atoms with Gasteiger partial charge in [-0.15, -0.1) is 11.3 Å². The lowest BCUT2D eigenvalue weighted by Crippen LogP contribution is -2.23. The Morgan fingerprint density at radius 3 is 2.89 bits per heavy atom. The highest BCUT2D eigenvalue weighted by molar-refractivity contribution is 9.10. The molecule has 0 bridgehead atoms. The lowest BCUT2D eigenvalue weighted by Gasteiger charge is -2.15. The minimum atomic E-state index is 0.260. The first-order valence-electron chi connectivity index (χ1n) is 5.94. The predicted molar refractivity (Wildman–Crippen MR) is 78.9 cm³/mol. The van der Waals surface area contributed by atoms with Crippen molar-refractivity contribution in [2.24, 2.45) is 0 Å². The zero-order valence-electron chi connectivity index (χ0n) is 10.5. The van der Waals surface area contributed by atoms with Crippen LogP contribution in [-0.2, 0) is 6.42 Å². The monoisotopic (exact) mass is 325 g/mol. The van der Waals surface area contributed by atoms with Gasteiger partial charge in [0.15, 0.2) is 0 Å². The lowest BCUT2D eigenvalue weighted by molar-refractivity contribution is 0.538. The fourth-order valence-electron chi connectivity index (χ4n) is 1.87. The second-order valence-corrected chi connectivity index (χ2v) is 6.10. The summed E-state index contributed by atoms with van der Waals surface area (Å²) in [6.07, 6.45) is 4.62. The zero-order chi connectivity index (χ0) is 13.0. The predicted octanol–water partition coefficient (Wildman–Crippen LogP) is 3.50. The first-order chi connectivity index (χ1) is 8.69. The highest BCUT2D eigenvalue weighted by Crippen LogP contribution is 2.21. The van der Waals surface area contributed by atoms with Crippen LogP contribution >= 0.6 is 27.3 Å². The van der Waals surface area contributed by atoms with Crippen LogP contribution in [0.5, 0.6) is 0 Å². The molecule has 0 amide bonds. The average molecular weight is 326 g/mol. The Morgan fingerprint density at radius 1 is 1.44 bits per heavy atom. The Balaban J connectivity index is 2.16. The van der Waals surface area contributed by atoms with E-state index in [0.717, 1.165) is 28.1 Å². The first kappa shape index (κ1) is 13.6. The summed E-state index contributed by atoms with van der Waals surface area (Å²) < 4.78 is 1.02. The number of pyridine rings is 1. The number of likely N-dealkylation sites (N-methyl/N-ethyl adjacent to an activating group) is 1. The second kappa shape index (κ2) is 6.41. The van der Waals surface area contributed by atoms with Crippen molar-refractivity contribution >= 4 is 27.3 Å². The summed E-state index contributed by atoms with van der Waals surface area (Å²) in [7, 11) is 0. The summed E-state index contributed by atoms with van der Waals surface area (Å²) in [6.45, 7) is 5.09. The highest BCUT2D eigenvalue weighted by atomic mass is 79.9. The lowest BCUT2D eigenvalue weighted by atomic mass is 10.1. The number of thiazole rings is 1. The van der Waals surface area contributed by atoms with E-state index in [4.69, 9.17) is 0 Å². The highest BCUT2D eigenvalue weighted by Gasteiger charge is 2.14. The van der Waals surface area contributed by atoms with Gasteiger partial charge in [-0.25, -0.2) is 4.98 Å². The number of aryl methyl sites for hydroxylation is 1. The molecule has 2 aromatic rings. The van der Waals surface area contributed by atoms with Gasteiger partial charge in [-0.05, 0) is 47.4 Å². The normalized spacial score (nSPS) is 12.6. The third-order valence-electron chi connectivity index (χ3n) is 2.65. The topological polar surface area (TPSA) is 37.8 Å². The van der Waals surface area contributed by atoms with E-state index in [2.05, 4.69) is 49.6 Å². The maximum atomic E-state index is 4.57. The molecule has 0 aliphatic rings. The summed E-state index contributed by atoms with van der Waals surface area (Å²) in [5.41, 5.74) is 2.33. The van der Waals surface area contributed by atoms with Crippen LogP contribution in [0.2, 0.25) is 0 Å². The Hall–Kier alpha value is -0.780. The Labute approximate surface area is 120 Å². The van der Waals surface area contributed by atoms with Gasteiger partial charge >= 0.3 is 0 Å². The summed E-state index contributed by atoms with van der Waals surface area (Å²) in [6, 6.07) is 2.37. The van der Waals surface area contributed by atoms with Gasteiger partial charge < -0.3 is 5.32 Å². The fourth-order valence-corrected chi connectivity index (χ4v) is 2.95. The fraction of sp³-hybridized carbons (Fsp3) is 0.385. The van der Waals surface area contributed by atoms with Crippen LogP contribution in [0, 0.1) is 6.92 Å². The van der Waals surface area contributed by atoms with Crippen LogP contribution in [-0.4, -0.2) is 16.5 Å². The number of nitrogens with one attached hydrogen (secondary N) is 1. The minimum Gasteiger partial charge on any atom is -0.309 e. The van der Waals surface area contributed by atoms with Crippen LogP contribution in [0.3, 0.4) is 0 Å². The number of rotatable bonds is 5. The molecule has 2 heterocycles. The maximum Gasteiger partial charge on any atom is 0.0898 e. The molecular formula is C13H16BrN3S. The van der Waals surface area contributed by atoms with E-state index in [0.29, 0.717) is 0 Å². The van der Waals surface area contributed by atoms with Crippen molar-refractivity contribution < 1.29 is 0 Å². The zero-order valence-corrected chi connectivity index (χ0v) is 12.9. The van der Waals surface area contributed by atoms with Gasteiger partial charge in [-0.2, -0.15) is 0 Å². The largest absolute Gasteiger partial charge is 0.309 e. The second-order valence-electron chi connectivity index (χ2n) is 4.12. The van der Waals surface area contributed by atoms with E-state index >= 15 is 0 Å². The molecule has 5 heteroatoms. The molecule has 1 N–H and O–H groups in total. The summed E-state index contributed by atoms with van der Waals surface area (Å²) >= 11 is 5.15. The molecule has 0 aliphatic carbocycles. The molecule has 0 aliphatic heterocycles. The molecule has 18 heavy (non-hydrogen) atoms. The van der Waals surface area contributed by atoms with Crippen molar-refractivity contribution in [3.63, 3.8) is 0 Å². The molecule has 0 fully saturated rings. The smallest absolute Gasteiger partial charge is 0.0898 e. The van der Waals surface area contributed by atoms with Crippen molar-refractivity contribution in [3.05, 3.63) is 44.6 Å². The maximum absolute atomic E-state index is 4.57. The molecule has 0 spiro atoms. The minimum absolute atomic E-state index is 0.260. The first-order valence-corrected chi connectivity index (χ1v) is 7.61. The van der Waals surface area contributed by atoms with Crippen molar-refractivity contribution in [3.8, 4) is 0 Å². The SMILES string of the molecule is CCNC(Cc1cncc(Br)c1)c1csc(C)n1. The molecule has 1 atom stereocenters. The third-order valence-corrected chi connectivity index (χ3v) is 3.87. The van der Waals surface area contributed by atoms with Crippen LogP contribution in [0.25, 0.3) is 0 Å². The molecule has 0 radical (unpaired) electrons. The number of hydrogen-bond donors (Lipinski definition) is 1. The number of hydrogen-bond acceptors (Lipinski definition) is 4. The third kappa shape index (κ3) is 3.60. The van der Waals surface area contributed by atoms with E-state index in [1.54, 1.807) is 17.5 Å². The van der Waals surface area contributed by atoms with Gasteiger partial charge in [0.05, 0.1) is 16.7 Å². The number of aromatic nitrogens is 2. The van der Waals surface area contributed by atoms with Gasteiger partial charge in [0, 0.05) is 22.2 Å².